The van der Waals surface area contributed by atoms with Crippen LogP contribution in [-0.2, 0) is 13.0 Å². The van der Waals surface area contributed by atoms with Crippen LogP contribution in [-0.4, -0.2) is 17.5 Å². The second-order valence-electron chi connectivity index (χ2n) is 6.03. The average molecular weight is 312 g/mol. The van der Waals surface area contributed by atoms with Gasteiger partial charge in [-0.3, -0.25) is 9.59 Å². The van der Waals surface area contributed by atoms with Gasteiger partial charge in [0.1, 0.15) is 5.75 Å². The molecule has 5 heteroatoms. The Hall–Kier alpha value is -2.56. The van der Waals surface area contributed by atoms with E-state index in [2.05, 4.69) is 10.3 Å². The molecule has 5 nitrogen and oxygen atoms in total. The number of benzene rings is 1. The lowest BCUT2D eigenvalue weighted by atomic mass is 10.1. The van der Waals surface area contributed by atoms with Crippen molar-refractivity contribution >= 4 is 5.91 Å². The van der Waals surface area contributed by atoms with Crippen LogP contribution in [0.3, 0.4) is 0 Å². The Morgan fingerprint density at radius 2 is 2.17 bits per heavy atom. The Balaban J connectivity index is 1.76. The summed E-state index contributed by atoms with van der Waals surface area (Å²) in [6.45, 7) is 5.01. The molecule has 120 valence electrons. The van der Waals surface area contributed by atoms with Crippen molar-refractivity contribution < 1.29 is 9.53 Å². The zero-order chi connectivity index (χ0) is 16.4. The highest BCUT2D eigenvalue weighted by Gasteiger charge is 2.16. The maximum atomic E-state index is 12.3. The molecule has 0 spiro atoms. The Kier molecular flexibility index (Phi) is 4.19. The standard InChI is InChI=1S/C18H20N2O3/c1-11(2)15-8-14(9-16(21)20-15)18(22)19-10-13-5-3-4-12-6-7-23-17(12)13/h3-5,8-9,11H,6-7,10H2,1-2H3,(H,19,22)(H,20,21). The summed E-state index contributed by atoms with van der Waals surface area (Å²) >= 11 is 0. The molecule has 2 heterocycles. The highest BCUT2D eigenvalue weighted by atomic mass is 16.5. The molecule has 0 atom stereocenters. The highest BCUT2D eigenvalue weighted by molar-refractivity contribution is 5.94. The minimum Gasteiger partial charge on any atom is -0.493 e. The van der Waals surface area contributed by atoms with Crippen LogP contribution in [0.4, 0.5) is 0 Å². The van der Waals surface area contributed by atoms with E-state index in [1.54, 1.807) is 6.07 Å². The van der Waals surface area contributed by atoms with Gasteiger partial charge in [0, 0.05) is 35.9 Å². The number of nitrogens with one attached hydrogen (secondary N) is 2. The fourth-order valence-corrected chi connectivity index (χ4v) is 2.71. The van der Waals surface area contributed by atoms with E-state index >= 15 is 0 Å². The van der Waals surface area contributed by atoms with Crippen LogP contribution >= 0.6 is 0 Å². The molecule has 1 aliphatic rings. The number of ether oxygens (including phenoxy) is 1. The second kappa shape index (κ2) is 6.28. The second-order valence-corrected chi connectivity index (χ2v) is 6.03. The Bertz CT molecular complexity index is 793. The zero-order valence-electron chi connectivity index (χ0n) is 13.3. The number of hydrogen-bond donors (Lipinski definition) is 2. The summed E-state index contributed by atoms with van der Waals surface area (Å²) in [5.41, 5.74) is 3.01. The molecule has 1 aromatic carbocycles. The lowest BCUT2D eigenvalue weighted by molar-refractivity contribution is 0.0950. The number of aromatic nitrogens is 1. The van der Waals surface area contributed by atoms with Gasteiger partial charge >= 0.3 is 0 Å². The van der Waals surface area contributed by atoms with Gasteiger partial charge in [-0.15, -0.1) is 0 Å². The van der Waals surface area contributed by atoms with Gasteiger partial charge in [-0.1, -0.05) is 32.0 Å². The number of H-pyrrole nitrogens is 1. The van der Waals surface area contributed by atoms with E-state index in [4.69, 9.17) is 4.74 Å². The molecule has 23 heavy (non-hydrogen) atoms. The molecular formula is C18H20N2O3. The Morgan fingerprint density at radius 3 is 2.96 bits per heavy atom. The smallest absolute Gasteiger partial charge is 0.251 e. The molecule has 1 aromatic heterocycles. The van der Waals surface area contributed by atoms with Crippen molar-refractivity contribution in [2.75, 3.05) is 6.61 Å². The summed E-state index contributed by atoms with van der Waals surface area (Å²) in [5.74, 6) is 0.774. The van der Waals surface area contributed by atoms with E-state index < -0.39 is 0 Å². The fraction of sp³-hybridized carbons (Fsp3) is 0.333. The summed E-state index contributed by atoms with van der Waals surface area (Å²) in [7, 11) is 0. The number of carbonyl (C=O) groups is 1. The van der Waals surface area contributed by atoms with Crippen molar-refractivity contribution in [1.29, 1.82) is 0 Å². The third-order valence-electron chi connectivity index (χ3n) is 3.98. The largest absolute Gasteiger partial charge is 0.493 e. The molecule has 0 radical (unpaired) electrons. The number of fused-ring (bicyclic) bond motifs is 1. The van der Waals surface area contributed by atoms with Crippen LogP contribution in [0.15, 0.2) is 35.1 Å². The molecule has 0 saturated heterocycles. The van der Waals surface area contributed by atoms with E-state index in [0.29, 0.717) is 18.7 Å². The number of para-hydroxylation sites is 1. The predicted molar refractivity (Wildman–Crippen MR) is 88.0 cm³/mol. The SMILES string of the molecule is CC(C)c1cc(C(=O)NCc2cccc3c2OCC3)cc(=O)[nH]1. The van der Waals surface area contributed by atoms with Crippen molar-refractivity contribution in [2.24, 2.45) is 0 Å². The summed E-state index contributed by atoms with van der Waals surface area (Å²) in [6.07, 6.45) is 0.906. The monoisotopic (exact) mass is 312 g/mol. The summed E-state index contributed by atoms with van der Waals surface area (Å²) in [4.78, 5) is 26.8. The minimum atomic E-state index is -0.259. The van der Waals surface area contributed by atoms with Crippen LogP contribution in [0.5, 0.6) is 5.75 Å². The van der Waals surface area contributed by atoms with Crippen molar-refractivity contribution in [3.63, 3.8) is 0 Å². The van der Waals surface area contributed by atoms with Gasteiger partial charge in [0.25, 0.3) is 5.91 Å². The van der Waals surface area contributed by atoms with E-state index in [0.717, 1.165) is 23.4 Å². The van der Waals surface area contributed by atoms with Gasteiger partial charge in [0.05, 0.1) is 6.61 Å². The maximum Gasteiger partial charge on any atom is 0.251 e. The van der Waals surface area contributed by atoms with Crippen molar-refractivity contribution in [2.45, 2.75) is 32.7 Å². The van der Waals surface area contributed by atoms with Crippen LogP contribution < -0.4 is 15.6 Å². The molecule has 1 amide bonds. The number of hydrogen-bond acceptors (Lipinski definition) is 3. The van der Waals surface area contributed by atoms with Crippen LogP contribution in [0, 0.1) is 0 Å². The first kappa shape index (κ1) is 15.3. The molecule has 0 fully saturated rings. The molecule has 3 rings (SSSR count). The number of pyridine rings is 1. The number of aromatic amines is 1. The van der Waals surface area contributed by atoms with Gasteiger partial charge in [0.2, 0.25) is 5.56 Å². The van der Waals surface area contributed by atoms with E-state index in [1.165, 1.54) is 11.6 Å². The number of rotatable bonds is 4. The molecular weight excluding hydrogens is 292 g/mol. The average Bonchev–Trinajstić information content (AvgIpc) is 3.01. The highest BCUT2D eigenvalue weighted by Crippen LogP contribution is 2.29. The fourth-order valence-electron chi connectivity index (χ4n) is 2.71. The first-order chi connectivity index (χ1) is 11.0. The van der Waals surface area contributed by atoms with E-state index in [1.807, 2.05) is 32.0 Å². The quantitative estimate of drug-likeness (QED) is 0.910. The van der Waals surface area contributed by atoms with Crippen molar-refractivity contribution in [1.82, 2.24) is 10.3 Å². The minimum absolute atomic E-state index is 0.154. The normalized spacial score (nSPS) is 12.8. The topological polar surface area (TPSA) is 71.2 Å². The zero-order valence-corrected chi connectivity index (χ0v) is 13.3. The van der Waals surface area contributed by atoms with Crippen LogP contribution in [0.25, 0.3) is 0 Å². The third-order valence-corrected chi connectivity index (χ3v) is 3.98. The predicted octanol–water partition coefficient (Wildman–Crippen LogP) is 2.36. The third kappa shape index (κ3) is 3.28. The number of amides is 1. The van der Waals surface area contributed by atoms with Gasteiger partial charge in [-0.25, -0.2) is 0 Å². The lowest BCUT2D eigenvalue weighted by Gasteiger charge is -2.11. The van der Waals surface area contributed by atoms with Gasteiger partial charge in [-0.05, 0) is 17.5 Å². The molecule has 0 unspecified atom stereocenters. The molecule has 2 aromatic rings. The van der Waals surface area contributed by atoms with E-state index in [-0.39, 0.29) is 17.4 Å². The Labute approximate surface area is 134 Å². The molecule has 0 saturated carbocycles. The molecule has 1 aliphatic heterocycles. The number of carbonyl (C=O) groups excluding carboxylic acids is 1. The maximum absolute atomic E-state index is 12.3. The van der Waals surface area contributed by atoms with Gasteiger partial charge in [-0.2, -0.15) is 0 Å². The molecule has 0 aliphatic carbocycles. The first-order valence-corrected chi connectivity index (χ1v) is 7.80. The molecule has 2 N–H and O–H groups in total. The summed E-state index contributed by atoms with van der Waals surface area (Å²) < 4.78 is 5.63. The summed E-state index contributed by atoms with van der Waals surface area (Å²) in [6, 6.07) is 9.01. The van der Waals surface area contributed by atoms with Gasteiger partial charge in [0.15, 0.2) is 0 Å². The van der Waals surface area contributed by atoms with E-state index in [9.17, 15) is 9.59 Å². The van der Waals surface area contributed by atoms with Crippen LogP contribution in [0.2, 0.25) is 0 Å². The van der Waals surface area contributed by atoms with Gasteiger partial charge < -0.3 is 15.0 Å². The summed E-state index contributed by atoms with van der Waals surface area (Å²) in [5, 5.41) is 2.87. The van der Waals surface area contributed by atoms with Crippen LogP contribution in [0.1, 0.15) is 46.9 Å². The first-order valence-electron chi connectivity index (χ1n) is 7.80. The lowest BCUT2D eigenvalue weighted by Crippen LogP contribution is -2.25. The molecule has 0 bridgehead atoms. The Morgan fingerprint density at radius 1 is 1.35 bits per heavy atom. The van der Waals surface area contributed by atoms with Crippen molar-refractivity contribution in [3.05, 3.63) is 63.1 Å². The van der Waals surface area contributed by atoms with Crippen molar-refractivity contribution in [3.8, 4) is 5.75 Å².